The first kappa shape index (κ1) is 24.7. The van der Waals surface area contributed by atoms with Gasteiger partial charge in [-0.2, -0.15) is 0 Å². The Labute approximate surface area is 188 Å². The molecule has 0 fully saturated rings. The summed E-state index contributed by atoms with van der Waals surface area (Å²) in [4.78, 5) is 37.4. The maximum absolute atomic E-state index is 13.1. The normalized spacial score (nSPS) is 13.0. The van der Waals surface area contributed by atoms with E-state index in [0.717, 1.165) is 16.7 Å². The quantitative estimate of drug-likeness (QED) is 0.499. The van der Waals surface area contributed by atoms with E-state index in [1.54, 1.807) is 39.8 Å². The van der Waals surface area contributed by atoms with Crippen LogP contribution >= 0.6 is 0 Å². The SMILES string of the molecule is Cc1cc(O)ccc1C[C@H](NC(=O)[C@H](Cc1ccccc1)NC(=O)OC(C)(C)C)C(N)=O. The van der Waals surface area contributed by atoms with E-state index in [2.05, 4.69) is 10.6 Å². The van der Waals surface area contributed by atoms with Crippen LogP contribution in [0.3, 0.4) is 0 Å². The first-order valence-corrected chi connectivity index (χ1v) is 10.4. The Morgan fingerprint density at radius 1 is 1.00 bits per heavy atom. The van der Waals surface area contributed by atoms with Gasteiger partial charge >= 0.3 is 6.09 Å². The van der Waals surface area contributed by atoms with Gasteiger partial charge in [0.05, 0.1) is 0 Å². The van der Waals surface area contributed by atoms with Crippen LogP contribution < -0.4 is 16.4 Å². The molecular formula is C24H31N3O5. The number of carbonyl (C=O) groups excluding carboxylic acids is 3. The molecule has 172 valence electrons. The fourth-order valence-corrected chi connectivity index (χ4v) is 3.13. The minimum absolute atomic E-state index is 0.107. The fraction of sp³-hybridized carbons (Fsp3) is 0.375. The Morgan fingerprint density at radius 2 is 1.66 bits per heavy atom. The number of alkyl carbamates (subject to hydrolysis) is 1. The number of aryl methyl sites for hydroxylation is 1. The molecule has 32 heavy (non-hydrogen) atoms. The second-order valence-electron chi connectivity index (χ2n) is 8.67. The standard InChI is InChI=1S/C24H31N3O5/c1-15-12-18(28)11-10-17(15)14-19(21(25)29)26-22(30)20(13-16-8-6-5-7-9-16)27-23(31)32-24(2,3)4/h5-12,19-20,28H,13-14H2,1-4H3,(H2,25,29)(H,26,30)(H,27,31)/t19-,20-/m0/s1. The number of primary amides is 1. The lowest BCUT2D eigenvalue weighted by molar-refractivity contribution is -0.128. The Hall–Kier alpha value is -3.55. The van der Waals surface area contributed by atoms with E-state index in [4.69, 9.17) is 10.5 Å². The van der Waals surface area contributed by atoms with Gasteiger partial charge in [-0.05, 0) is 56.5 Å². The Balaban J connectivity index is 2.19. The molecule has 2 rings (SSSR count). The highest BCUT2D eigenvalue weighted by Crippen LogP contribution is 2.17. The smallest absolute Gasteiger partial charge is 0.408 e. The summed E-state index contributed by atoms with van der Waals surface area (Å²) < 4.78 is 5.29. The van der Waals surface area contributed by atoms with Gasteiger partial charge in [-0.3, -0.25) is 9.59 Å². The molecule has 2 aromatic carbocycles. The largest absolute Gasteiger partial charge is 0.508 e. The lowest BCUT2D eigenvalue weighted by Crippen LogP contribution is -2.54. The van der Waals surface area contributed by atoms with Gasteiger partial charge in [0.15, 0.2) is 0 Å². The molecule has 0 saturated heterocycles. The average molecular weight is 442 g/mol. The van der Waals surface area contributed by atoms with E-state index in [0.29, 0.717) is 0 Å². The number of phenolic OH excluding ortho intramolecular Hbond substituents is 1. The summed E-state index contributed by atoms with van der Waals surface area (Å²) in [6.45, 7) is 6.96. The van der Waals surface area contributed by atoms with Crippen molar-refractivity contribution >= 4 is 17.9 Å². The highest BCUT2D eigenvalue weighted by molar-refractivity contribution is 5.91. The number of rotatable bonds is 8. The van der Waals surface area contributed by atoms with Gasteiger partial charge in [0.25, 0.3) is 0 Å². The maximum Gasteiger partial charge on any atom is 0.408 e. The number of benzene rings is 2. The van der Waals surface area contributed by atoms with Crippen LogP contribution in [0.2, 0.25) is 0 Å². The summed E-state index contributed by atoms with van der Waals surface area (Å²) in [7, 11) is 0. The summed E-state index contributed by atoms with van der Waals surface area (Å²) in [5, 5.41) is 14.8. The van der Waals surface area contributed by atoms with Crippen LogP contribution in [-0.4, -0.2) is 40.7 Å². The lowest BCUT2D eigenvalue weighted by Gasteiger charge is -2.25. The van der Waals surface area contributed by atoms with E-state index >= 15 is 0 Å². The highest BCUT2D eigenvalue weighted by Gasteiger charge is 2.28. The Bertz CT molecular complexity index is 954. The topological polar surface area (TPSA) is 131 Å². The molecule has 0 aromatic heterocycles. The maximum atomic E-state index is 13.1. The van der Waals surface area contributed by atoms with Gasteiger partial charge in [-0.15, -0.1) is 0 Å². The fourth-order valence-electron chi connectivity index (χ4n) is 3.13. The van der Waals surface area contributed by atoms with Crippen molar-refractivity contribution in [2.45, 2.75) is 58.2 Å². The second kappa shape index (κ2) is 10.7. The van der Waals surface area contributed by atoms with Gasteiger partial charge in [-0.1, -0.05) is 36.4 Å². The van der Waals surface area contributed by atoms with Gasteiger partial charge in [-0.25, -0.2) is 4.79 Å². The van der Waals surface area contributed by atoms with Crippen molar-refractivity contribution in [1.29, 1.82) is 0 Å². The minimum Gasteiger partial charge on any atom is -0.508 e. The van der Waals surface area contributed by atoms with E-state index in [-0.39, 0.29) is 18.6 Å². The predicted octanol–water partition coefficient (Wildman–Crippen LogP) is 2.35. The third-order valence-electron chi connectivity index (χ3n) is 4.70. The number of aromatic hydroxyl groups is 1. The second-order valence-corrected chi connectivity index (χ2v) is 8.67. The number of carbonyl (C=O) groups is 3. The van der Waals surface area contributed by atoms with Gasteiger partial charge in [0.1, 0.15) is 23.4 Å². The third kappa shape index (κ3) is 7.94. The van der Waals surface area contributed by atoms with Crippen molar-refractivity contribution < 1.29 is 24.2 Å². The van der Waals surface area contributed by atoms with E-state index in [1.807, 2.05) is 30.3 Å². The molecule has 5 N–H and O–H groups in total. The first-order chi connectivity index (χ1) is 14.9. The zero-order valence-corrected chi connectivity index (χ0v) is 18.8. The Kier molecular flexibility index (Phi) is 8.23. The van der Waals surface area contributed by atoms with Crippen molar-refractivity contribution in [3.05, 3.63) is 65.2 Å². The molecule has 2 aromatic rings. The molecule has 0 bridgehead atoms. The average Bonchev–Trinajstić information content (AvgIpc) is 2.68. The molecule has 0 saturated carbocycles. The molecule has 0 unspecified atom stereocenters. The predicted molar refractivity (Wildman–Crippen MR) is 121 cm³/mol. The number of hydrogen-bond acceptors (Lipinski definition) is 5. The lowest BCUT2D eigenvalue weighted by atomic mass is 9.99. The summed E-state index contributed by atoms with van der Waals surface area (Å²) in [5.74, 6) is -1.16. The van der Waals surface area contributed by atoms with E-state index in [9.17, 15) is 19.5 Å². The molecular weight excluding hydrogens is 410 g/mol. The molecule has 0 radical (unpaired) electrons. The van der Waals surface area contributed by atoms with Gasteiger partial charge in [0, 0.05) is 12.8 Å². The number of nitrogens with one attached hydrogen (secondary N) is 2. The van der Waals surface area contributed by atoms with Crippen LogP contribution in [0.4, 0.5) is 4.79 Å². The molecule has 0 aliphatic rings. The molecule has 2 atom stereocenters. The number of ether oxygens (including phenoxy) is 1. The Morgan fingerprint density at radius 3 is 2.22 bits per heavy atom. The summed E-state index contributed by atoms with van der Waals surface area (Å²) in [6, 6.07) is 12.0. The molecule has 8 heteroatoms. The van der Waals surface area contributed by atoms with Crippen LogP contribution in [0.1, 0.15) is 37.5 Å². The van der Waals surface area contributed by atoms with Crippen molar-refractivity contribution in [2.24, 2.45) is 5.73 Å². The van der Waals surface area contributed by atoms with Crippen LogP contribution in [-0.2, 0) is 27.2 Å². The van der Waals surface area contributed by atoms with Crippen molar-refractivity contribution in [1.82, 2.24) is 10.6 Å². The van der Waals surface area contributed by atoms with E-state index in [1.165, 1.54) is 6.07 Å². The molecule has 8 nitrogen and oxygen atoms in total. The van der Waals surface area contributed by atoms with Crippen molar-refractivity contribution in [2.75, 3.05) is 0 Å². The van der Waals surface area contributed by atoms with Crippen LogP contribution in [0.15, 0.2) is 48.5 Å². The summed E-state index contributed by atoms with van der Waals surface area (Å²) in [5.41, 5.74) is 7.15. The number of hydrogen-bond donors (Lipinski definition) is 4. The molecule has 0 aliphatic carbocycles. The zero-order chi connectivity index (χ0) is 23.9. The number of nitrogens with two attached hydrogens (primary N) is 1. The van der Waals surface area contributed by atoms with E-state index < -0.39 is 35.6 Å². The minimum atomic E-state index is -0.996. The van der Waals surface area contributed by atoms with Crippen molar-refractivity contribution in [3.8, 4) is 5.75 Å². The molecule has 3 amide bonds. The summed E-state index contributed by atoms with van der Waals surface area (Å²) in [6.07, 6.45) is -0.383. The summed E-state index contributed by atoms with van der Waals surface area (Å²) >= 11 is 0. The highest BCUT2D eigenvalue weighted by atomic mass is 16.6. The van der Waals surface area contributed by atoms with Crippen LogP contribution in [0.5, 0.6) is 5.75 Å². The number of phenols is 1. The third-order valence-corrected chi connectivity index (χ3v) is 4.70. The number of amides is 3. The molecule has 0 heterocycles. The first-order valence-electron chi connectivity index (χ1n) is 10.4. The zero-order valence-electron chi connectivity index (χ0n) is 18.8. The monoisotopic (exact) mass is 441 g/mol. The molecule has 0 spiro atoms. The van der Waals surface area contributed by atoms with Crippen LogP contribution in [0, 0.1) is 6.92 Å². The van der Waals surface area contributed by atoms with Crippen LogP contribution in [0.25, 0.3) is 0 Å². The van der Waals surface area contributed by atoms with Gasteiger partial charge in [0.2, 0.25) is 11.8 Å². The van der Waals surface area contributed by atoms with Crippen molar-refractivity contribution in [3.63, 3.8) is 0 Å². The van der Waals surface area contributed by atoms with Gasteiger partial charge < -0.3 is 26.2 Å². The molecule has 0 aliphatic heterocycles.